The minimum atomic E-state index is -0.0747. The third-order valence-electron chi connectivity index (χ3n) is 2.07. The van der Waals surface area contributed by atoms with Crippen LogP contribution in [0.4, 0.5) is 5.69 Å². The van der Waals surface area contributed by atoms with Gasteiger partial charge in [-0.1, -0.05) is 13.8 Å². The average Bonchev–Trinajstić information content (AvgIpc) is 2.16. The van der Waals surface area contributed by atoms with E-state index < -0.39 is 0 Å². The maximum absolute atomic E-state index is 11.9. The van der Waals surface area contributed by atoms with Crippen LogP contribution in [-0.2, 0) is 0 Å². The molecule has 2 N–H and O–H groups in total. The number of nitrogens with zero attached hydrogens (tertiary/aromatic N) is 2. The van der Waals surface area contributed by atoms with E-state index in [1.54, 1.807) is 24.2 Å². The molecular weight excluding hydrogens is 190 g/mol. The molecule has 4 heteroatoms. The summed E-state index contributed by atoms with van der Waals surface area (Å²) in [5.74, 6) is 0.367. The highest BCUT2D eigenvalue weighted by Gasteiger charge is 2.15. The number of pyridine rings is 1. The topological polar surface area (TPSA) is 59.2 Å². The summed E-state index contributed by atoms with van der Waals surface area (Å²) in [5.41, 5.74) is 6.65. The lowest BCUT2D eigenvalue weighted by molar-refractivity contribution is 0.0780. The van der Waals surface area contributed by atoms with Crippen LogP contribution in [0.1, 0.15) is 24.2 Å². The summed E-state index contributed by atoms with van der Waals surface area (Å²) in [6.45, 7) is 4.85. The molecule has 0 aliphatic rings. The molecule has 0 spiro atoms. The molecule has 0 aliphatic heterocycles. The van der Waals surface area contributed by atoms with Gasteiger partial charge in [0.2, 0.25) is 0 Å². The van der Waals surface area contributed by atoms with Crippen LogP contribution in [0, 0.1) is 5.92 Å². The van der Waals surface area contributed by atoms with E-state index in [1.807, 2.05) is 0 Å². The van der Waals surface area contributed by atoms with Crippen LogP contribution >= 0.6 is 0 Å². The SMILES string of the molecule is CC(C)CN(C)C(=O)c1cnccc1N. The number of hydrogen-bond donors (Lipinski definition) is 1. The zero-order valence-corrected chi connectivity index (χ0v) is 9.40. The van der Waals surface area contributed by atoms with Crippen LogP contribution < -0.4 is 5.73 Å². The Hall–Kier alpha value is -1.58. The summed E-state index contributed by atoms with van der Waals surface area (Å²) in [6.07, 6.45) is 3.09. The first-order valence-electron chi connectivity index (χ1n) is 4.97. The second kappa shape index (κ2) is 4.77. The zero-order valence-electron chi connectivity index (χ0n) is 9.40. The molecule has 0 atom stereocenters. The Bertz CT molecular complexity index is 349. The summed E-state index contributed by atoms with van der Waals surface area (Å²) < 4.78 is 0. The molecule has 1 aromatic rings. The van der Waals surface area contributed by atoms with E-state index in [9.17, 15) is 4.79 Å². The molecule has 0 saturated carbocycles. The van der Waals surface area contributed by atoms with Gasteiger partial charge in [-0.25, -0.2) is 0 Å². The van der Waals surface area contributed by atoms with Crippen molar-refractivity contribution in [2.45, 2.75) is 13.8 Å². The fourth-order valence-electron chi connectivity index (χ4n) is 1.42. The maximum atomic E-state index is 11.9. The minimum absolute atomic E-state index is 0.0747. The van der Waals surface area contributed by atoms with Gasteiger partial charge < -0.3 is 10.6 Å². The summed E-state index contributed by atoms with van der Waals surface area (Å²) in [4.78, 5) is 17.5. The Kier molecular flexibility index (Phi) is 3.66. The van der Waals surface area contributed by atoms with E-state index in [1.165, 1.54) is 6.20 Å². The van der Waals surface area contributed by atoms with Crippen molar-refractivity contribution in [1.29, 1.82) is 0 Å². The molecule has 4 nitrogen and oxygen atoms in total. The third-order valence-corrected chi connectivity index (χ3v) is 2.07. The number of carbonyl (C=O) groups excluding carboxylic acids is 1. The Balaban J connectivity index is 2.81. The van der Waals surface area contributed by atoms with Gasteiger partial charge in [0.1, 0.15) is 0 Å². The standard InChI is InChI=1S/C11H17N3O/c1-8(2)7-14(3)11(15)9-6-13-5-4-10(9)12/h4-6,8H,7H2,1-3H3,(H2,12,13). The Labute approximate surface area is 90.1 Å². The van der Waals surface area contributed by atoms with E-state index in [4.69, 9.17) is 5.73 Å². The quantitative estimate of drug-likeness (QED) is 0.814. The van der Waals surface area contributed by atoms with Crippen molar-refractivity contribution in [1.82, 2.24) is 9.88 Å². The molecule has 0 aromatic carbocycles. The summed E-state index contributed by atoms with van der Waals surface area (Å²) in [6, 6.07) is 1.64. The van der Waals surface area contributed by atoms with Crippen molar-refractivity contribution in [3.63, 3.8) is 0 Å². The van der Waals surface area contributed by atoms with Gasteiger partial charge in [0.05, 0.1) is 5.56 Å². The molecule has 0 radical (unpaired) electrons. The number of carbonyl (C=O) groups is 1. The maximum Gasteiger partial charge on any atom is 0.257 e. The monoisotopic (exact) mass is 207 g/mol. The molecule has 15 heavy (non-hydrogen) atoms. The number of amides is 1. The van der Waals surface area contributed by atoms with Gasteiger partial charge in [-0.15, -0.1) is 0 Å². The first-order chi connectivity index (χ1) is 7.02. The van der Waals surface area contributed by atoms with Crippen LogP contribution in [0.25, 0.3) is 0 Å². The summed E-state index contributed by atoms with van der Waals surface area (Å²) in [7, 11) is 1.77. The molecule has 0 bridgehead atoms. The summed E-state index contributed by atoms with van der Waals surface area (Å²) in [5, 5.41) is 0. The number of aromatic nitrogens is 1. The van der Waals surface area contributed by atoms with Crippen molar-refractivity contribution in [2.75, 3.05) is 19.3 Å². The Morgan fingerprint density at radius 2 is 2.27 bits per heavy atom. The van der Waals surface area contributed by atoms with Crippen LogP contribution in [0.5, 0.6) is 0 Å². The van der Waals surface area contributed by atoms with E-state index >= 15 is 0 Å². The van der Waals surface area contributed by atoms with Gasteiger partial charge in [0.15, 0.2) is 0 Å². The molecule has 0 unspecified atom stereocenters. The lowest BCUT2D eigenvalue weighted by Crippen LogP contribution is -2.30. The lowest BCUT2D eigenvalue weighted by Gasteiger charge is -2.19. The molecule has 0 fully saturated rings. The predicted octanol–water partition coefficient (Wildman–Crippen LogP) is 1.39. The highest BCUT2D eigenvalue weighted by Crippen LogP contribution is 2.11. The largest absolute Gasteiger partial charge is 0.398 e. The van der Waals surface area contributed by atoms with Crippen LogP contribution in [-0.4, -0.2) is 29.4 Å². The predicted molar refractivity (Wildman–Crippen MR) is 60.4 cm³/mol. The zero-order chi connectivity index (χ0) is 11.4. The van der Waals surface area contributed by atoms with Crippen molar-refractivity contribution >= 4 is 11.6 Å². The van der Waals surface area contributed by atoms with Crippen molar-refractivity contribution in [2.24, 2.45) is 5.92 Å². The average molecular weight is 207 g/mol. The first kappa shape index (κ1) is 11.5. The summed E-state index contributed by atoms with van der Waals surface area (Å²) >= 11 is 0. The number of anilines is 1. The van der Waals surface area contributed by atoms with E-state index in [2.05, 4.69) is 18.8 Å². The Morgan fingerprint density at radius 3 is 2.80 bits per heavy atom. The number of hydrogen-bond acceptors (Lipinski definition) is 3. The lowest BCUT2D eigenvalue weighted by atomic mass is 10.1. The van der Waals surface area contributed by atoms with Crippen molar-refractivity contribution in [3.8, 4) is 0 Å². The molecular formula is C11H17N3O. The molecule has 82 valence electrons. The van der Waals surface area contributed by atoms with Crippen molar-refractivity contribution < 1.29 is 4.79 Å². The van der Waals surface area contributed by atoms with Gasteiger partial charge in [-0.2, -0.15) is 0 Å². The fourth-order valence-corrected chi connectivity index (χ4v) is 1.42. The highest BCUT2D eigenvalue weighted by molar-refractivity contribution is 5.98. The minimum Gasteiger partial charge on any atom is -0.398 e. The van der Waals surface area contributed by atoms with Crippen LogP contribution in [0.15, 0.2) is 18.5 Å². The van der Waals surface area contributed by atoms with Crippen molar-refractivity contribution in [3.05, 3.63) is 24.0 Å². The number of rotatable bonds is 3. The van der Waals surface area contributed by atoms with Gasteiger partial charge in [0, 0.05) is 31.7 Å². The molecule has 1 aromatic heterocycles. The van der Waals surface area contributed by atoms with E-state index in [0.29, 0.717) is 23.7 Å². The normalized spacial score (nSPS) is 10.4. The van der Waals surface area contributed by atoms with Gasteiger partial charge >= 0.3 is 0 Å². The van der Waals surface area contributed by atoms with E-state index in [-0.39, 0.29) is 5.91 Å². The molecule has 0 aliphatic carbocycles. The molecule has 0 saturated heterocycles. The second-order valence-corrected chi connectivity index (χ2v) is 4.04. The highest BCUT2D eigenvalue weighted by atomic mass is 16.2. The van der Waals surface area contributed by atoms with Gasteiger partial charge in [-0.05, 0) is 12.0 Å². The fraction of sp³-hybridized carbons (Fsp3) is 0.455. The third kappa shape index (κ3) is 2.94. The smallest absolute Gasteiger partial charge is 0.257 e. The molecule has 1 rings (SSSR count). The first-order valence-corrected chi connectivity index (χ1v) is 4.97. The van der Waals surface area contributed by atoms with Crippen LogP contribution in [0.3, 0.4) is 0 Å². The second-order valence-electron chi connectivity index (χ2n) is 4.04. The van der Waals surface area contributed by atoms with E-state index in [0.717, 1.165) is 0 Å². The Morgan fingerprint density at radius 1 is 1.60 bits per heavy atom. The molecule has 1 amide bonds. The molecule has 1 heterocycles. The number of nitrogen functional groups attached to an aromatic ring is 1. The van der Waals surface area contributed by atoms with Crippen LogP contribution in [0.2, 0.25) is 0 Å². The number of nitrogens with two attached hydrogens (primary N) is 1. The van der Waals surface area contributed by atoms with Gasteiger partial charge in [-0.3, -0.25) is 9.78 Å². The van der Waals surface area contributed by atoms with Gasteiger partial charge in [0.25, 0.3) is 5.91 Å².